The maximum atomic E-state index is 11.6. The van der Waals surface area contributed by atoms with E-state index in [4.69, 9.17) is 5.11 Å². The molecular formula is C12H24N2O3. The van der Waals surface area contributed by atoms with E-state index in [0.717, 1.165) is 6.42 Å². The van der Waals surface area contributed by atoms with Gasteiger partial charge in [-0.3, -0.25) is 9.59 Å². The van der Waals surface area contributed by atoms with Crippen molar-refractivity contribution in [3.8, 4) is 0 Å². The van der Waals surface area contributed by atoms with E-state index in [9.17, 15) is 9.59 Å². The van der Waals surface area contributed by atoms with Crippen LogP contribution in [0, 0.1) is 0 Å². The molecule has 17 heavy (non-hydrogen) atoms. The topological polar surface area (TPSA) is 78.4 Å². The minimum atomic E-state index is -0.882. The first-order valence-corrected chi connectivity index (χ1v) is 6.00. The van der Waals surface area contributed by atoms with Gasteiger partial charge in [0.25, 0.3) is 0 Å². The molecule has 0 aliphatic carbocycles. The summed E-state index contributed by atoms with van der Waals surface area (Å²) in [7, 11) is 0. The molecule has 0 radical (unpaired) electrons. The van der Waals surface area contributed by atoms with Crippen molar-refractivity contribution in [2.45, 2.75) is 58.5 Å². The summed E-state index contributed by atoms with van der Waals surface area (Å²) >= 11 is 0. The SMILES string of the molecule is CCCC(CC(=O)O)NC(=O)CNC(C)(C)C. The maximum absolute atomic E-state index is 11.6. The van der Waals surface area contributed by atoms with Crippen molar-refractivity contribution in [2.24, 2.45) is 0 Å². The lowest BCUT2D eigenvalue weighted by Gasteiger charge is -2.22. The smallest absolute Gasteiger partial charge is 0.305 e. The van der Waals surface area contributed by atoms with Crippen LogP contribution in [0.5, 0.6) is 0 Å². The van der Waals surface area contributed by atoms with E-state index in [1.807, 2.05) is 27.7 Å². The molecule has 0 saturated heterocycles. The highest BCUT2D eigenvalue weighted by Gasteiger charge is 2.16. The molecule has 0 heterocycles. The lowest BCUT2D eigenvalue weighted by molar-refractivity contribution is -0.137. The van der Waals surface area contributed by atoms with Crippen LogP contribution >= 0.6 is 0 Å². The quantitative estimate of drug-likeness (QED) is 0.627. The number of carboxylic acid groups (broad SMARTS) is 1. The molecule has 100 valence electrons. The van der Waals surface area contributed by atoms with Gasteiger partial charge in [-0.15, -0.1) is 0 Å². The number of carboxylic acids is 1. The van der Waals surface area contributed by atoms with Gasteiger partial charge in [0.1, 0.15) is 0 Å². The fourth-order valence-electron chi connectivity index (χ4n) is 1.41. The average molecular weight is 244 g/mol. The Labute approximate surface area is 103 Å². The van der Waals surface area contributed by atoms with Gasteiger partial charge in [-0.1, -0.05) is 13.3 Å². The Bertz CT molecular complexity index is 259. The minimum absolute atomic E-state index is 0.0188. The summed E-state index contributed by atoms with van der Waals surface area (Å²) in [5, 5.41) is 14.5. The van der Waals surface area contributed by atoms with Crippen LogP contribution in [-0.4, -0.2) is 35.1 Å². The van der Waals surface area contributed by atoms with Gasteiger partial charge in [0.05, 0.1) is 13.0 Å². The zero-order valence-electron chi connectivity index (χ0n) is 11.2. The molecule has 1 unspecified atom stereocenters. The van der Waals surface area contributed by atoms with Gasteiger partial charge >= 0.3 is 5.97 Å². The molecule has 0 bridgehead atoms. The van der Waals surface area contributed by atoms with E-state index in [-0.39, 0.29) is 30.5 Å². The first kappa shape index (κ1) is 15.9. The highest BCUT2D eigenvalue weighted by Crippen LogP contribution is 2.02. The van der Waals surface area contributed by atoms with Crippen molar-refractivity contribution >= 4 is 11.9 Å². The van der Waals surface area contributed by atoms with Gasteiger partial charge in [0, 0.05) is 11.6 Å². The largest absolute Gasteiger partial charge is 0.481 e. The third kappa shape index (κ3) is 9.81. The van der Waals surface area contributed by atoms with Crippen molar-refractivity contribution in [1.29, 1.82) is 0 Å². The van der Waals surface area contributed by atoms with E-state index in [2.05, 4.69) is 10.6 Å². The number of hydrogen-bond donors (Lipinski definition) is 3. The zero-order chi connectivity index (χ0) is 13.5. The lowest BCUT2D eigenvalue weighted by atomic mass is 10.1. The van der Waals surface area contributed by atoms with Crippen LogP contribution in [0.4, 0.5) is 0 Å². The fourth-order valence-corrected chi connectivity index (χ4v) is 1.41. The molecule has 0 saturated carbocycles. The van der Waals surface area contributed by atoms with Crippen molar-refractivity contribution in [2.75, 3.05) is 6.54 Å². The van der Waals surface area contributed by atoms with Crippen LogP contribution in [0.15, 0.2) is 0 Å². The molecule has 1 atom stereocenters. The second kappa shape index (κ2) is 7.27. The molecule has 0 fully saturated rings. The minimum Gasteiger partial charge on any atom is -0.481 e. The first-order valence-electron chi connectivity index (χ1n) is 6.00. The number of amides is 1. The summed E-state index contributed by atoms with van der Waals surface area (Å²) in [5.74, 6) is -1.04. The first-order chi connectivity index (χ1) is 7.74. The molecule has 0 aromatic carbocycles. The zero-order valence-corrected chi connectivity index (χ0v) is 11.2. The Morgan fingerprint density at radius 1 is 1.29 bits per heavy atom. The highest BCUT2D eigenvalue weighted by molar-refractivity contribution is 5.79. The average Bonchev–Trinajstić information content (AvgIpc) is 2.13. The van der Waals surface area contributed by atoms with Crippen LogP contribution < -0.4 is 10.6 Å². The Hall–Kier alpha value is -1.10. The Morgan fingerprint density at radius 3 is 2.29 bits per heavy atom. The predicted octanol–water partition coefficient (Wildman–Crippen LogP) is 1.13. The molecular weight excluding hydrogens is 220 g/mol. The van der Waals surface area contributed by atoms with Gasteiger partial charge < -0.3 is 15.7 Å². The molecule has 5 nitrogen and oxygen atoms in total. The van der Waals surface area contributed by atoms with E-state index in [1.54, 1.807) is 0 Å². The molecule has 5 heteroatoms. The number of nitrogens with one attached hydrogen (secondary N) is 2. The van der Waals surface area contributed by atoms with Crippen LogP contribution in [0.2, 0.25) is 0 Å². The van der Waals surface area contributed by atoms with Crippen LogP contribution in [0.25, 0.3) is 0 Å². The standard InChI is InChI=1S/C12H24N2O3/c1-5-6-9(7-11(16)17)14-10(15)8-13-12(2,3)4/h9,13H,5-8H2,1-4H3,(H,14,15)(H,16,17). The summed E-state index contributed by atoms with van der Waals surface area (Å²) in [6.07, 6.45) is 1.52. The molecule has 0 rings (SSSR count). The summed E-state index contributed by atoms with van der Waals surface area (Å²) in [6.45, 7) is 8.10. The summed E-state index contributed by atoms with van der Waals surface area (Å²) in [4.78, 5) is 22.2. The second-order valence-electron chi connectivity index (χ2n) is 5.25. The third-order valence-electron chi connectivity index (χ3n) is 2.20. The molecule has 1 amide bonds. The van der Waals surface area contributed by atoms with Crippen LogP contribution in [0.1, 0.15) is 47.0 Å². The molecule has 0 aromatic heterocycles. The molecule has 0 aliphatic heterocycles. The van der Waals surface area contributed by atoms with E-state index in [0.29, 0.717) is 6.42 Å². The fraction of sp³-hybridized carbons (Fsp3) is 0.833. The number of rotatable bonds is 7. The predicted molar refractivity (Wildman–Crippen MR) is 66.8 cm³/mol. The van der Waals surface area contributed by atoms with Gasteiger partial charge in [-0.05, 0) is 27.2 Å². The maximum Gasteiger partial charge on any atom is 0.305 e. The van der Waals surface area contributed by atoms with Crippen LogP contribution in [-0.2, 0) is 9.59 Å². The van der Waals surface area contributed by atoms with Crippen LogP contribution in [0.3, 0.4) is 0 Å². The summed E-state index contributed by atoms with van der Waals surface area (Å²) in [6, 6.07) is -0.272. The van der Waals surface area contributed by atoms with Gasteiger partial charge in [-0.2, -0.15) is 0 Å². The van der Waals surface area contributed by atoms with Gasteiger partial charge in [0.15, 0.2) is 0 Å². The van der Waals surface area contributed by atoms with E-state index >= 15 is 0 Å². The normalized spacial score (nSPS) is 13.2. The molecule has 0 spiro atoms. The van der Waals surface area contributed by atoms with Crippen molar-refractivity contribution in [3.05, 3.63) is 0 Å². The summed E-state index contributed by atoms with van der Waals surface area (Å²) < 4.78 is 0. The number of carbonyl (C=O) groups is 2. The van der Waals surface area contributed by atoms with Crippen molar-refractivity contribution in [3.63, 3.8) is 0 Å². The molecule has 0 aliphatic rings. The molecule has 3 N–H and O–H groups in total. The van der Waals surface area contributed by atoms with Crippen molar-refractivity contribution < 1.29 is 14.7 Å². The molecule has 0 aromatic rings. The van der Waals surface area contributed by atoms with Gasteiger partial charge in [0.2, 0.25) is 5.91 Å². The number of aliphatic carboxylic acids is 1. The Morgan fingerprint density at radius 2 is 1.88 bits per heavy atom. The van der Waals surface area contributed by atoms with Gasteiger partial charge in [-0.25, -0.2) is 0 Å². The Balaban J connectivity index is 4.07. The Kier molecular flexibility index (Phi) is 6.80. The summed E-state index contributed by atoms with van der Waals surface area (Å²) in [5.41, 5.74) is -0.121. The monoisotopic (exact) mass is 244 g/mol. The van der Waals surface area contributed by atoms with E-state index < -0.39 is 5.97 Å². The van der Waals surface area contributed by atoms with E-state index in [1.165, 1.54) is 0 Å². The lowest BCUT2D eigenvalue weighted by Crippen LogP contribution is -2.46. The number of hydrogen-bond acceptors (Lipinski definition) is 3. The number of carbonyl (C=O) groups excluding carboxylic acids is 1. The highest BCUT2D eigenvalue weighted by atomic mass is 16.4. The third-order valence-corrected chi connectivity index (χ3v) is 2.20. The second-order valence-corrected chi connectivity index (χ2v) is 5.25. The van der Waals surface area contributed by atoms with Crippen molar-refractivity contribution in [1.82, 2.24) is 10.6 Å².